The normalized spacial score (nSPS) is 12.7. The highest BCUT2D eigenvalue weighted by atomic mass is 19.1. The molecule has 0 spiro atoms. The van der Waals surface area contributed by atoms with Gasteiger partial charge in [-0.1, -0.05) is 13.0 Å². The van der Waals surface area contributed by atoms with Crippen LogP contribution in [0.2, 0.25) is 0 Å². The number of benzene rings is 2. The largest absolute Gasteiger partial charge is 0.336 e. The Hall–Kier alpha value is -3.09. The summed E-state index contributed by atoms with van der Waals surface area (Å²) < 4.78 is 43.0. The first kappa shape index (κ1) is 15.4. The second-order valence-electron chi connectivity index (χ2n) is 5.67. The van der Waals surface area contributed by atoms with Gasteiger partial charge in [0, 0.05) is 5.56 Å². The van der Waals surface area contributed by atoms with Crippen molar-refractivity contribution in [1.82, 2.24) is 10.2 Å². The molecular weight excluding hydrogens is 329 g/mol. The van der Waals surface area contributed by atoms with Gasteiger partial charge in [-0.3, -0.25) is 5.10 Å². The average molecular weight is 342 g/mol. The number of rotatable bonds is 2. The molecule has 0 amide bonds. The van der Waals surface area contributed by atoms with Crippen LogP contribution in [0.15, 0.2) is 41.5 Å². The molecule has 7 heteroatoms. The van der Waals surface area contributed by atoms with E-state index in [9.17, 15) is 13.2 Å². The second kappa shape index (κ2) is 5.77. The third-order valence-corrected chi connectivity index (χ3v) is 4.12. The number of nitrogens with one attached hydrogen (secondary N) is 2. The van der Waals surface area contributed by atoms with Crippen molar-refractivity contribution in [2.75, 3.05) is 5.32 Å². The van der Waals surface area contributed by atoms with Crippen LogP contribution in [-0.4, -0.2) is 16.0 Å². The zero-order valence-corrected chi connectivity index (χ0v) is 13.2. The maximum absolute atomic E-state index is 14.6. The maximum atomic E-state index is 14.6. The van der Waals surface area contributed by atoms with Crippen molar-refractivity contribution in [3.8, 4) is 11.3 Å². The average Bonchev–Trinajstić information content (AvgIpc) is 2.98. The molecule has 0 saturated heterocycles. The number of aryl methyl sites for hydroxylation is 1. The fourth-order valence-corrected chi connectivity index (χ4v) is 2.86. The number of aromatic amines is 1. The number of halogens is 3. The van der Waals surface area contributed by atoms with Gasteiger partial charge in [0.05, 0.1) is 23.1 Å². The van der Waals surface area contributed by atoms with Gasteiger partial charge in [0.2, 0.25) is 0 Å². The van der Waals surface area contributed by atoms with Crippen molar-refractivity contribution in [3.05, 3.63) is 65.1 Å². The molecule has 3 aromatic rings. The van der Waals surface area contributed by atoms with E-state index < -0.39 is 17.5 Å². The van der Waals surface area contributed by atoms with Gasteiger partial charge in [-0.2, -0.15) is 5.10 Å². The van der Waals surface area contributed by atoms with Crippen molar-refractivity contribution in [3.63, 3.8) is 0 Å². The predicted molar refractivity (Wildman–Crippen MR) is 89.5 cm³/mol. The zero-order valence-electron chi connectivity index (χ0n) is 13.2. The van der Waals surface area contributed by atoms with Crippen molar-refractivity contribution in [2.45, 2.75) is 13.3 Å². The lowest BCUT2D eigenvalue weighted by Gasteiger charge is -2.09. The maximum Gasteiger partial charge on any atom is 0.149 e. The van der Waals surface area contributed by atoms with Gasteiger partial charge in [-0.05, 0) is 36.2 Å². The first-order chi connectivity index (χ1) is 12.1. The van der Waals surface area contributed by atoms with Gasteiger partial charge in [-0.15, -0.1) is 0 Å². The highest BCUT2D eigenvalue weighted by molar-refractivity contribution is 6.13. The molecular formula is C18H13F3N4. The lowest BCUT2D eigenvalue weighted by Crippen LogP contribution is -2.16. The van der Waals surface area contributed by atoms with Gasteiger partial charge < -0.3 is 5.32 Å². The minimum atomic E-state index is -0.787. The summed E-state index contributed by atoms with van der Waals surface area (Å²) in [6, 6.07) is 6.68. The minimum absolute atomic E-state index is 0.00496. The molecule has 0 fully saturated rings. The fraction of sp³-hybridized carbons (Fsp3) is 0.111. The van der Waals surface area contributed by atoms with Crippen LogP contribution in [0, 0.1) is 17.5 Å². The van der Waals surface area contributed by atoms with E-state index in [4.69, 9.17) is 0 Å². The Morgan fingerprint density at radius 2 is 1.80 bits per heavy atom. The van der Waals surface area contributed by atoms with Gasteiger partial charge in [0.25, 0.3) is 0 Å². The van der Waals surface area contributed by atoms with E-state index in [1.54, 1.807) is 6.07 Å². The van der Waals surface area contributed by atoms with E-state index in [0.29, 0.717) is 23.4 Å². The van der Waals surface area contributed by atoms with Crippen LogP contribution in [0.3, 0.4) is 0 Å². The first-order valence-electron chi connectivity index (χ1n) is 7.74. The zero-order chi connectivity index (χ0) is 17.6. The molecule has 4 nitrogen and oxygen atoms in total. The van der Waals surface area contributed by atoms with Crippen LogP contribution in [-0.2, 0) is 6.42 Å². The standard InChI is InChI=1S/C18H13F3N4/c1-2-9-6-10-16(13(21)7-9)24-18(23-14-8-22-25-17(10)14)15-11(19)4-3-5-12(15)20/h3-8H,2H2,1H3,(H,22,25)(H,23,24). The number of fused-ring (bicyclic) bond motifs is 3. The predicted octanol–water partition coefficient (Wildman–Crippen LogP) is 4.56. The number of anilines is 1. The topological polar surface area (TPSA) is 53.1 Å². The highest BCUT2D eigenvalue weighted by Gasteiger charge is 2.25. The van der Waals surface area contributed by atoms with Gasteiger partial charge in [0.1, 0.15) is 29.0 Å². The number of aliphatic imine (C=N–C) groups is 1. The molecule has 25 heavy (non-hydrogen) atoms. The lowest BCUT2D eigenvalue weighted by atomic mass is 10.0. The van der Waals surface area contributed by atoms with Crippen molar-refractivity contribution >= 4 is 17.2 Å². The van der Waals surface area contributed by atoms with E-state index in [1.807, 2.05) is 6.92 Å². The number of amidine groups is 1. The summed E-state index contributed by atoms with van der Waals surface area (Å²) in [6.07, 6.45) is 2.11. The number of hydrogen-bond acceptors (Lipinski definition) is 3. The number of H-pyrrole nitrogens is 1. The van der Waals surface area contributed by atoms with Gasteiger partial charge in [-0.25, -0.2) is 18.2 Å². The third-order valence-electron chi connectivity index (χ3n) is 4.12. The molecule has 1 aliphatic heterocycles. The molecule has 0 aliphatic carbocycles. The Balaban J connectivity index is 2.02. The van der Waals surface area contributed by atoms with E-state index in [0.717, 1.165) is 17.7 Å². The van der Waals surface area contributed by atoms with Gasteiger partial charge >= 0.3 is 0 Å². The summed E-state index contributed by atoms with van der Waals surface area (Å²) in [5.74, 6) is -2.25. The van der Waals surface area contributed by atoms with Crippen LogP contribution in [0.5, 0.6) is 0 Å². The molecule has 1 aliphatic rings. The molecule has 1 aromatic heterocycles. The molecule has 2 aromatic carbocycles. The summed E-state index contributed by atoms with van der Waals surface area (Å²) in [5.41, 5.74) is 1.91. The molecule has 2 N–H and O–H groups in total. The van der Waals surface area contributed by atoms with Gasteiger partial charge in [0.15, 0.2) is 0 Å². The fourth-order valence-electron chi connectivity index (χ4n) is 2.86. The SMILES string of the molecule is CCc1cc(F)c2c(c1)-c1[nH]ncc1NC(c1c(F)cccc1F)=N2. The molecule has 0 radical (unpaired) electrons. The molecule has 0 bridgehead atoms. The van der Waals surface area contributed by atoms with Crippen molar-refractivity contribution in [2.24, 2.45) is 4.99 Å². The molecule has 0 unspecified atom stereocenters. The van der Waals surface area contributed by atoms with E-state index in [-0.39, 0.29) is 17.1 Å². The van der Waals surface area contributed by atoms with Crippen LogP contribution >= 0.6 is 0 Å². The molecule has 0 atom stereocenters. The molecule has 0 saturated carbocycles. The Morgan fingerprint density at radius 3 is 2.52 bits per heavy atom. The molecule has 126 valence electrons. The lowest BCUT2D eigenvalue weighted by molar-refractivity contribution is 0.579. The Bertz CT molecular complexity index is 987. The van der Waals surface area contributed by atoms with E-state index >= 15 is 0 Å². The number of aromatic nitrogens is 2. The smallest absolute Gasteiger partial charge is 0.149 e. The molecule has 2 heterocycles. The summed E-state index contributed by atoms with van der Waals surface area (Å²) in [5, 5.41) is 9.60. The van der Waals surface area contributed by atoms with E-state index in [2.05, 4.69) is 20.5 Å². The van der Waals surface area contributed by atoms with Crippen molar-refractivity contribution in [1.29, 1.82) is 0 Å². The van der Waals surface area contributed by atoms with Crippen molar-refractivity contribution < 1.29 is 13.2 Å². The minimum Gasteiger partial charge on any atom is -0.336 e. The van der Waals surface area contributed by atoms with E-state index in [1.165, 1.54) is 18.3 Å². The summed E-state index contributed by atoms with van der Waals surface area (Å²) >= 11 is 0. The Labute approximate surface area is 141 Å². The quantitative estimate of drug-likeness (QED) is 0.717. The van der Waals surface area contributed by atoms with Crippen LogP contribution < -0.4 is 5.32 Å². The Kier molecular flexibility index (Phi) is 3.56. The van der Waals surface area contributed by atoms with Crippen LogP contribution in [0.4, 0.5) is 24.5 Å². The monoisotopic (exact) mass is 342 g/mol. The summed E-state index contributed by atoms with van der Waals surface area (Å²) in [6.45, 7) is 1.91. The second-order valence-corrected chi connectivity index (χ2v) is 5.67. The summed E-state index contributed by atoms with van der Waals surface area (Å²) in [7, 11) is 0. The van der Waals surface area contributed by atoms with Crippen LogP contribution in [0.25, 0.3) is 11.3 Å². The first-order valence-corrected chi connectivity index (χ1v) is 7.74. The molecule has 4 rings (SSSR count). The number of hydrogen-bond donors (Lipinski definition) is 2. The summed E-state index contributed by atoms with van der Waals surface area (Å²) in [4.78, 5) is 4.20. The highest BCUT2D eigenvalue weighted by Crippen LogP contribution is 2.39. The van der Waals surface area contributed by atoms with Crippen LogP contribution in [0.1, 0.15) is 18.1 Å². The number of nitrogens with zero attached hydrogens (tertiary/aromatic N) is 2. The third kappa shape index (κ3) is 2.48. The Morgan fingerprint density at radius 1 is 1.04 bits per heavy atom.